The second-order valence-corrected chi connectivity index (χ2v) is 6.84. The maximum Gasteiger partial charge on any atom is 0.433 e. The van der Waals surface area contributed by atoms with Gasteiger partial charge in [-0.05, 0) is 24.5 Å². The Morgan fingerprint density at radius 3 is 2.44 bits per heavy atom. The number of anilines is 1. The molecule has 0 amide bonds. The molecule has 0 aliphatic carbocycles. The van der Waals surface area contributed by atoms with E-state index in [0.29, 0.717) is 25.3 Å². The van der Waals surface area contributed by atoms with Gasteiger partial charge in [-0.3, -0.25) is 9.88 Å². The molecule has 25 heavy (non-hydrogen) atoms. The molecule has 9 heteroatoms. The third-order valence-corrected chi connectivity index (χ3v) is 4.88. The van der Waals surface area contributed by atoms with E-state index in [1.165, 1.54) is 6.20 Å². The van der Waals surface area contributed by atoms with Crippen LogP contribution in [0.3, 0.4) is 0 Å². The number of piperidine rings is 1. The molecule has 2 fully saturated rings. The number of nitrogens with zero attached hydrogens (tertiary/aromatic N) is 3. The van der Waals surface area contributed by atoms with Gasteiger partial charge in [0.05, 0.1) is 12.2 Å². The van der Waals surface area contributed by atoms with Crippen LogP contribution in [0, 0.1) is 5.92 Å². The number of likely N-dealkylation sites (tertiary alicyclic amines) is 1. The van der Waals surface area contributed by atoms with Gasteiger partial charge in [-0.25, -0.2) is 0 Å². The monoisotopic (exact) mass is 361 g/mol. The van der Waals surface area contributed by atoms with Crippen molar-refractivity contribution in [2.75, 3.05) is 37.6 Å². The average molecular weight is 361 g/mol. The van der Waals surface area contributed by atoms with E-state index >= 15 is 0 Å². The van der Waals surface area contributed by atoms with Gasteiger partial charge in [-0.15, -0.1) is 0 Å². The smallest absolute Gasteiger partial charge is 0.389 e. The Morgan fingerprint density at radius 2 is 1.80 bits per heavy atom. The molecular weight excluding hydrogens is 339 g/mol. The summed E-state index contributed by atoms with van der Waals surface area (Å²) in [6.45, 7) is 2.43. The zero-order valence-electron chi connectivity index (χ0n) is 13.6. The summed E-state index contributed by atoms with van der Waals surface area (Å²) in [7, 11) is 0. The van der Waals surface area contributed by atoms with Crippen LogP contribution in [0.2, 0.25) is 0 Å². The first-order chi connectivity index (χ1) is 11.7. The number of hydrogen-bond donors (Lipinski definition) is 3. The molecule has 0 saturated carbocycles. The standard InChI is InChI=1S/C16H22F3N3O3/c17-16(18,19)14-5-11(1-3-20-14)22-4-2-10(7-22)6-21-8-12(23)15(25)13(24)9-21/h1,3,5,10,12-13,15,23-25H,2,4,6-9H2/t10-,12?,13?,15?/m1/s1. The molecule has 1 aromatic heterocycles. The van der Waals surface area contributed by atoms with E-state index in [9.17, 15) is 28.5 Å². The Kier molecular flexibility index (Phi) is 5.19. The van der Waals surface area contributed by atoms with Gasteiger partial charge < -0.3 is 20.2 Å². The van der Waals surface area contributed by atoms with E-state index in [2.05, 4.69) is 4.98 Å². The number of rotatable bonds is 3. The topological polar surface area (TPSA) is 80.1 Å². The summed E-state index contributed by atoms with van der Waals surface area (Å²) in [6.07, 6.45) is -5.59. The molecule has 3 rings (SSSR count). The fourth-order valence-electron chi connectivity index (χ4n) is 3.58. The number of alkyl halides is 3. The van der Waals surface area contributed by atoms with E-state index in [1.54, 1.807) is 6.07 Å². The quantitative estimate of drug-likeness (QED) is 0.720. The van der Waals surface area contributed by atoms with Gasteiger partial charge in [-0.2, -0.15) is 13.2 Å². The number of hydrogen-bond acceptors (Lipinski definition) is 6. The molecular formula is C16H22F3N3O3. The molecule has 3 heterocycles. The minimum Gasteiger partial charge on any atom is -0.389 e. The van der Waals surface area contributed by atoms with Gasteiger partial charge in [0.25, 0.3) is 0 Å². The highest BCUT2D eigenvalue weighted by Gasteiger charge is 2.36. The lowest BCUT2D eigenvalue weighted by atomic mass is 10.00. The SMILES string of the molecule is OC1CN(C[C@H]2CCN(c3ccnc(C(F)(F)F)c3)C2)CC(O)C1O. The third-order valence-electron chi connectivity index (χ3n) is 4.88. The van der Waals surface area contributed by atoms with Crippen LogP contribution in [0.1, 0.15) is 12.1 Å². The van der Waals surface area contributed by atoms with Gasteiger partial charge in [0.1, 0.15) is 11.8 Å². The number of β-amino-alcohol motifs (C(OH)–C–C–N with tert-alkyl or cyclic N) is 2. The van der Waals surface area contributed by atoms with Crippen molar-refractivity contribution >= 4 is 5.69 Å². The van der Waals surface area contributed by atoms with Crippen molar-refractivity contribution in [3.63, 3.8) is 0 Å². The summed E-state index contributed by atoms with van der Waals surface area (Å²) in [6, 6.07) is 2.63. The van der Waals surface area contributed by atoms with Crippen LogP contribution >= 0.6 is 0 Å². The summed E-state index contributed by atoms with van der Waals surface area (Å²) >= 11 is 0. The van der Waals surface area contributed by atoms with Crippen molar-refractivity contribution in [3.8, 4) is 0 Å². The first kappa shape index (κ1) is 18.4. The van der Waals surface area contributed by atoms with Crippen molar-refractivity contribution in [1.82, 2.24) is 9.88 Å². The van der Waals surface area contributed by atoms with Gasteiger partial charge in [0, 0.05) is 44.6 Å². The lowest BCUT2D eigenvalue weighted by Gasteiger charge is -2.38. The van der Waals surface area contributed by atoms with Crippen molar-refractivity contribution in [3.05, 3.63) is 24.0 Å². The minimum atomic E-state index is -4.46. The Morgan fingerprint density at radius 1 is 1.12 bits per heavy atom. The van der Waals surface area contributed by atoms with Crippen LogP contribution in [0.25, 0.3) is 0 Å². The number of aromatic nitrogens is 1. The first-order valence-corrected chi connectivity index (χ1v) is 8.29. The van der Waals surface area contributed by atoms with Crippen LogP contribution in [0.4, 0.5) is 18.9 Å². The fourth-order valence-corrected chi connectivity index (χ4v) is 3.58. The van der Waals surface area contributed by atoms with Crippen LogP contribution in [0.15, 0.2) is 18.3 Å². The zero-order chi connectivity index (χ0) is 18.2. The molecule has 2 saturated heterocycles. The zero-order valence-corrected chi connectivity index (χ0v) is 13.6. The van der Waals surface area contributed by atoms with Gasteiger partial charge >= 0.3 is 6.18 Å². The summed E-state index contributed by atoms with van der Waals surface area (Å²) in [4.78, 5) is 7.17. The van der Waals surface area contributed by atoms with Crippen molar-refractivity contribution in [2.24, 2.45) is 5.92 Å². The summed E-state index contributed by atoms with van der Waals surface area (Å²) in [5.74, 6) is 0.220. The number of aliphatic hydroxyl groups is 3. The van der Waals surface area contributed by atoms with E-state index in [1.807, 2.05) is 9.80 Å². The highest BCUT2D eigenvalue weighted by atomic mass is 19.4. The highest BCUT2D eigenvalue weighted by Crippen LogP contribution is 2.31. The lowest BCUT2D eigenvalue weighted by molar-refractivity contribution is -0.141. The van der Waals surface area contributed by atoms with Crippen LogP contribution in [-0.4, -0.2) is 76.2 Å². The molecule has 6 nitrogen and oxygen atoms in total. The van der Waals surface area contributed by atoms with E-state index < -0.39 is 30.2 Å². The average Bonchev–Trinajstić information content (AvgIpc) is 3.00. The second-order valence-electron chi connectivity index (χ2n) is 6.84. The van der Waals surface area contributed by atoms with Crippen molar-refractivity contribution in [1.29, 1.82) is 0 Å². The normalized spacial score (nSPS) is 31.5. The lowest BCUT2D eigenvalue weighted by Crippen LogP contribution is -2.56. The molecule has 1 aromatic rings. The fraction of sp³-hybridized carbons (Fsp3) is 0.688. The molecule has 0 radical (unpaired) electrons. The molecule has 2 aliphatic rings. The first-order valence-electron chi connectivity index (χ1n) is 8.29. The third kappa shape index (κ3) is 4.22. The molecule has 2 aliphatic heterocycles. The van der Waals surface area contributed by atoms with E-state index in [4.69, 9.17) is 0 Å². The van der Waals surface area contributed by atoms with Crippen molar-refractivity contribution < 1.29 is 28.5 Å². The maximum atomic E-state index is 12.8. The predicted octanol–water partition coefficient (Wildman–Crippen LogP) is 0.325. The van der Waals surface area contributed by atoms with Gasteiger partial charge in [0.2, 0.25) is 0 Å². The molecule has 0 spiro atoms. The largest absolute Gasteiger partial charge is 0.433 e. The Hall–Kier alpha value is -1.42. The van der Waals surface area contributed by atoms with Gasteiger partial charge in [0.15, 0.2) is 0 Å². The van der Waals surface area contributed by atoms with Crippen molar-refractivity contribution in [2.45, 2.75) is 30.9 Å². The number of pyridine rings is 1. The maximum absolute atomic E-state index is 12.8. The summed E-state index contributed by atoms with van der Waals surface area (Å²) < 4.78 is 38.4. The second kappa shape index (κ2) is 7.06. The summed E-state index contributed by atoms with van der Waals surface area (Å²) in [5.41, 5.74) is -0.399. The molecule has 140 valence electrons. The van der Waals surface area contributed by atoms with Crippen LogP contribution < -0.4 is 4.90 Å². The molecule has 0 aromatic carbocycles. The molecule has 3 atom stereocenters. The van der Waals surface area contributed by atoms with E-state index in [0.717, 1.165) is 12.5 Å². The Bertz CT molecular complexity index is 589. The van der Waals surface area contributed by atoms with Crippen LogP contribution in [-0.2, 0) is 6.18 Å². The highest BCUT2D eigenvalue weighted by molar-refractivity contribution is 5.48. The van der Waals surface area contributed by atoms with Crippen LogP contribution in [0.5, 0.6) is 0 Å². The molecule has 0 bridgehead atoms. The molecule has 2 unspecified atom stereocenters. The summed E-state index contributed by atoms with van der Waals surface area (Å²) in [5, 5.41) is 29.1. The van der Waals surface area contributed by atoms with E-state index in [-0.39, 0.29) is 19.0 Å². The number of halogens is 3. The Labute approximate surface area is 143 Å². The minimum absolute atomic E-state index is 0.220. The van der Waals surface area contributed by atoms with Gasteiger partial charge in [-0.1, -0.05) is 0 Å². The molecule has 3 N–H and O–H groups in total. The number of aliphatic hydroxyl groups excluding tert-OH is 3. The predicted molar refractivity (Wildman–Crippen MR) is 84.0 cm³/mol. The Balaban J connectivity index is 1.59.